The Morgan fingerprint density at radius 1 is 1.12 bits per heavy atom. The normalized spacial score (nSPS) is 23.2. The van der Waals surface area contributed by atoms with E-state index in [4.69, 9.17) is 9.47 Å². The molecule has 0 N–H and O–H groups in total. The minimum absolute atomic E-state index is 0.0579. The van der Waals surface area contributed by atoms with E-state index in [2.05, 4.69) is 15.5 Å². The van der Waals surface area contributed by atoms with Crippen LogP contribution < -0.4 is 0 Å². The highest BCUT2D eigenvalue weighted by molar-refractivity contribution is 7.91. The van der Waals surface area contributed by atoms with Gasteiger partial charge in [0.25, 0.3) is 5.16 Å². The molecule has 0 unspecified atom stereocenters. The molecule has 11 heteroatoms. The minimum Gasteiger partial charge on any atom is -0.349 e. The van der Waals surface area contributed by atoms with E-state index in [-0.39, 0.29) is 23.2 Å². The molecule has 4 rings (SSSR count). The van der Waals surface area contributed by atoms with E-state index in [1.807, 2.05) is 6.07 Å². The highest BCUT2D eigenvalue weighted by Crippen LogP contribution is 2.40. The molecule has 2 fully saturated rings. The molecule has 2 aliphatic rings. The standard InChI is InChI=1S/C21H29N5O5S/c1-25(2)19(27)14-17-13-18(31-21(30-17)11-7-4-8-12-21)15-32(28,29)20-22-23-24-26(20)16-9-5-3-6-10-16/h3,5-6,9-10,17-18H,4,7-8,11-15H2,1-2H3/t17-,18+/m1/s1. The second-order valence-electron chi connectivity index (χ2n) is 8.67. The number of nitrogens with zero attached hydrogens (tertiary/aromatic N) is 5. The first-order valence-electron chi connectivity index (χ1n) is 10.9. The van der Waals surface area contributed by atoms with E-state index in [1.54, 1.807) is 38.4 Å². The highest BCUT2D eigenvalue weighted by Gasteiger charge is 2.45. The molecule has 32 heavy (non-hydrogen) atoms. The molecule has 1 aromatic heterocycles. The Hall–Kier alpha value is -2.37. The summed E-state index contributed by atoms with van der Waals surface area (Å²) in [5.74, 6) is -1.17. The number of sulfone groups is 1. The van der Waals surface area contributed by atoms with Crippen molar-refractivity contribution >= 4 is 15.7 Å². The number of aromatic nitrogens is 4. The van der Waals surface area contributed by atoms with Gasteiger partial charge in [-0.3, -0.25) is 4.79 Å². The molecule has 2 heterocycles. The van der Waals surface area contributed by atoms with Crippen molar-refractivity contribution in [3.05, 3.63) is 30.3 Å². The number of benzene rings is 1. The Morgan fingerprint density at radius 3 is 2.50 bits per heavy atom. The van der Waals surface area contributed by atoms with E-state index in [0.717, 1.165) is 19.3 Å². The first-order valence-corrected chi connectivity index (χ1v) is 12.6. The number of amides is 1. The molecule has 2 aromatic rings. The minimum atomic E-state index is -3.87. The van der Waals surface area contributed by atoms with Gasteiger partial charge < -0.3 is 14.4 Å². The summed E-state index contributed by atoms with van der Waals surface area (Å²) in [4.78, 5) is 13.8. The molecule has 1 amide bonds. The quantitative estimate of drug-likeness (QED) is 0.636. The Kier molecular flexibility index (Phi) is 6.59. The first-order chi connectivity index (χ1) is 15.3. The maximum atomic E-state index is 13.3. The van der Waals surface area contributed by atoms with Crippen LogP contribution >= 0.6 is 0 Å². The lowest BCUT2D eigenvalue weighted by molar-refractivity contribution is -0.324. The lowest BCUT2D eigenvalue weighted by Crippen LogP contribution is -2.52. The molecule has 174 valence electrons. The van der Waals surface area contributed by atoms with Crippen LogP contribution in [0.1, 0.15) is 44.9 Å². The van der Waals surface area contributed by atoms with Crippen LogP contribution in [-0.4, -0.2) is 77.3 Å². The average Bonchev–Trinajstić information content (AvgIpc) is 3.25. The van der Waals surface area contributed by atoms with Gasteiger partial charge in [0.15, 0.2) is 5.79 Å². The van der Waals surface area contributed by atoms with Crippen LogP contribution in [0.3, 0.4) is 0 Å². The fourth-order valence-corrected chi connectivity index (χ4v) is 5.79. The average molecular weight is 464 g/mol. The highest BCUT2D eigenvalue weighted by atomic mass is 32.2. The number of rotatable bonds is 6. The van der Waals surface area contributed by atoms with Crippen LogP contribution in [0.5, 0.6) is 0 Å². The topological polar surface area (TPSA) is 117 Å². The van der Waals surface area contributed by atoms with Crippen molar-refractivity contribution in [2.75, 3.05) is 19.8 Å². The fourth-order valence-electron chi connectivity index (χ4n) is 4.38. The molecule has 1 aliphatic carbocycles. The summed E-state index contributed by atoms with van der Waals surface area (Å²) in [5.41, 5.74) is 0.558. The van der Waals surface area contributed by atoms with Gasteiger partial charge in [0.2, 0.25) is 15.7 Å². The summed E-state index contributed by atoms with van der Waals surface area (Å²) >= 11 is 0. The molecule has 1 saturated heterocycles. The zero-order valence-corrected chi connectivity index (χ0v) is 19.2. The van der Waals surface area contributed by atoms with E-state index in [0.29, 0.717) is 24.9 Å². The molecular weight excluding hydrogens is 434 g/mol. The van der Waals surface area contributed by atoms with Gasteiger partial charge in [-0.25, -0.2) is 8.42 Å². The summed E-state index contributed by atoms with van der Waals surface area (Å²) < 4.78 is 40.3. The van der Waals surface area contributed by atoms with Crippen LogP contribution in [0.15, 0.2) is 35.5 Å². The predicted molar refractivity (Wildman–Crippen MR) is 115 cm³/mol. The van der Waals surface area contributed by atoms with Gasteiger partial charge in [-0.1, -0.05) is 29.7 Å². The third-order valence-corrected chi connectivity index (χ3v) is 7.55. The van der Waals surface area contributed by atoms with Gasteiger partial charge in [-0.15, -0.1) is 0 Å². The molecule has 0 bridgehead atoms. The first kappa shape index (κ1) is 22.8. The molecule has 1 spiro atoms. The summed E-state index contributed by atoms with van der Waals surface area (Å²) in [7, 11) is -0.472. The maximum absolute atomic E-state index is 13.3. The maximum Gasteiger partial charge on any atom is 0.272 e. The smallest absolute Gasteiger partial charge is 0.272 e. The molecule has 10 nitrogen and oxygen atoms in total. The van der Waals surface area contributed by atoms with Crippen molar-refractivity contribution in [2.45, 2.75) is 68.1 Å². The second-order valence-corrected chi connectivity index (χ2v) is 10.6. The van der Waals surface area contributed by atoms with Gasteiger partial charge in [0.05, 0.1) is 30.1 Å². The Balaban J connectivity index is 1.57. The Bertz CT molecular complexity index is 1030. The Labute approximate surface area is 187 Å². The third-order valence-electron chi connectivity index (χ3n) is 5.93. The zero-order chi connectivity index (χ0) is 22.8. The number of carbonyl (C=O) groups is 1. The lowest BCUT2D eigenvalue weighted by Gasteiger charge is -2.46. The molecule has 2 atom stereocenters. The van der Waals surface area contributed by atoms with E-state index >= 15 is 0 Å². The van der Waals surface area contributed by atoms with Crippen molar-refractivity contribution in [3.8, 4) is 5.69 Å². The van der Waals surface area contributed by atoms with E-state index < -0.39 is 27.8 Å². The molecular formula is C21H29N5O5S. The molecule has 1 aromatic carbocycles. The largest absolute Gasteiger partial charge is 0.349 e. The van der Waals surface area contributed by atoms with Crippen LogP contribution in [0.25, 0.3) is 5.69 Å². The summed E-state index contributed by atoms with van der Waals surface area (Å²) in [6, 6.07) is 8.87. The van der Waals surface area contributed by atoms with Gasteiger partial charge >= 0.3 is 0 Å². The van der Waals surface area contributed by atoms with E-state index in [9.17, 15) is 13.2 Å². The van der Waals surface area contributed by atoms with Gasteiger partial charge in [-0.05, 0) is 35.4 Å². The SMILES string of the molecule is CN(C)C(=O)C[C@H]1C[C@@H](CS(=O)(=O)c2nnnn2-c2ccccc2)OC2(CCCCC2)O1. The summed E-state index contributed by atoms with van der Waals surface area (Å²) in [6.45, 7) is 0. The Morgan fingerprint density at radius 2 is 1.81 bits per heavy atom. The van der Waals surface area contributed by atoms with Gasteiger partial charge in [0, 0.05) is 33.4 Å². The number of carbonyl (C=O) groups excluding carboxylic acids is 1. The molecule has 0 radical (unpaired) electrons. The molecule has 1 aliphatic heterocycles. The van der Waals surface area contributed by atoms with Gasteiger partial charge in [-0.2, -0.15) is 4.68 Å². The number of ether oxygens (including phenoxy) is 2. The van der Waals surface area contributed by atoms with Crippen LogP contribution in [0, 0.1) is 0 Å². The van der Waals surface area contributed by atoms with E-state index in [1.165, 1.54) is 9.58 Å². The summed E-state index contributed by atoms with van der Waals surface area (Å²) in [6.07, 6.45) is 3.85. The number of tetrazole rings is 1. The van der Waals surface area contributed by atoms with Crippen LogP contribution in [0.4, 0.5) is 0 Å². The van der Waals surface area contributed by atoms with Crippen LogP contribution in [0.2, 0.25) is 0 Å². The van der Waals surface area contributed by atoms with Crippen molar-refractivity contribution in [3.63, 3.8) is 0 Å². The van der Waals surface area contributed by atoms with Crippen LogP contribution in [-0.2, 0) is 24.1 Å². The molecule has 1 saturated carbocycles. The monoisotopic (exact) mass is 463 g/mol. The van der Waals surface area contributed by atoms with Crippen molar-refractivity contribution in [2.24, 2.45) is 0 Å². The lowest BCUT2D eigenvalue weighted by atomic mass is 9.91. The van der Waals surface area contributed by atoms with Gasteiger partial charge in [0.1, 0.15) is 0 Å². The number of hydrogen-bond donors (Lipinski definition) is 0. The third kappa shape index (κ3) is 5.00. The predicted octanol–water partition coefficient (Wildman–Crippen LogP) is 1.75. The summed E-state index contributed by atoms with van der Waals surface area (Å²) in [5, 5.41) is 11.0. The number of hydrogen-bond acceptors (Lipinski definition) is 8. The fraction of sp³-hybridized carbons (Fsp3) is 0.619. The second kappa shape index (κ2) is 9.24. The van der Waals surface area contributed by atoms with Crippen molar-refractivity contribution in [1.29, 1.82) is 0 Å². The number of para-hydroxylation sites is 1. The van der Waals surface area contributed by atoms with Crippen molar-refractivity contribution < 1.29 is 22.7 Å². The zero-order valence-electron chi connectivity index (χ0n) is 18.4. The van der Waals surface area contributed by atoms with Crippen molar-refractivity contribution in [1.82, 2.24) is 25.1 Å².